The molecule has 0 saturated heterocycles. The predicted octanol–water partition coefficient (Wildman–Crippen LogP) is 4.59. The fourth-order valence-corrected chi connectivity index (χ4v) is 2.96. The summed E-state index contributed by atoms with van der Waals surface area (Å²) in [5.41, 5.74) is 1.12. The molecule has 0 spiro atoms. The molecule has 0 radical (unpaired) electrons. The van der Waals surface area contributed by atoms with Crippen molar-refractivity contribution in [1.82, 2.24) is 5.32 Å². The lowest BCUT2D eigenvalue weighted by atomic mass is 10.1. The topological polar surface area (TPSA) is 73.9 Å². The first-order valence-electron chi connectivity index (χ1n) is 10.8. The van der Waals surface area contributed by atoms with Gasteiger partial charge >= 0.3 is 5.97 Å². The monoisotopic (exact) mass is 441 g/mol. The standard InChI is InChI=1S/C25H28FNO5/c1-3-15-31-21-13-5-17(16-22(21)30-4-2)6-14-23(28)32-24(25(29)27-20-11-12-20)18-7-9-19(26)10-8-18/h5-10,13-14,16,20,24H,3-4,11-12,15H2,1-2H3,(H,27,29)/b14-6+. The van der Waals surface area contributed by atoms with Crippen LogP contribution in [0.2, 0.25) is 0 Å². The van der Waals surface area contributed by atoms with E-state index in [1.165, 1.54) is 30.3 Å². The summed E-state index contributed by atoms with van der Waals surface area (Å²) < 4.78 is 30.0. The SMILES string of the molecule is CCCOc1ccc(/C=C/C(=O)OC(C(=O)NC2CC2)c2ccc(F)cc2)cc1OCC. The van der Waals surface area contributed by atoms with Crippen LogP contribution in [0.1, 0.15) is 50.3 Å². The molecule has 1 aliphatic carbocycles. The Hall–Kier alpha value is -3.35. The fraction of sp³-hybridized carbons (Fsp3) is 0.360. The predicted molar refractivity (Wildman–Crippen MR) is 119 cm³/mol. The lowest BCUT2D eigenvalue weighted by Gasteiger charge is -2.17. The van der Waals surface area contributed by atoms with Crippen LogP contribution in [0.5, 0.6) is 11.5 Å². The highest BCUT2D eigenvalue weighted by Crippen LogP contribution is 2.29. The van der Waals surface area contributed by atoms with Crippen LogP contribution < -0.4 is 14.8 Å². The van der Waals surface area contributed by atoms with E-state index in [2.05, 4.69) is 5.32 Å². The number of halogens is 1. The highest BCUT2D eigenvalue weighted by Gasteiger charge is 2.30. The van der Waals surface area contributed by atoms with Gasteiger partial charge in [-0.05, 0) is 62.1 Å². The highest BCUT2D eigenvalue weighted by atomic mass is 19.1. The van der Waals surface area contributed by atoms with Gasteiger partial charge in [-0.1, -0.05) is 25.1 Å². The van der Waals surface area contributed by atoms with Gasteiger partial charge < -0.3 is 19.5 Å². The second-order valence-corrected chi connectivity index (χ2v) is 7.47. The number of hydrogen-bond donors (Lipinski definition) is 1. The summed E-state index contributed by atoms with van der Waals surface area (Å²) >= 11 is 0. The number of nitrogens with one attached hydrogen (secondary N) is 1. The average molecular weight is 441 g/mol. The maximum absolute atomic E-state index is 13.3. The van der Waals surface area contributed by atoms with E-state index in [4.69, 9.17) is 14.2 Å². The molecule has 1 atom stereocenters. The Bertz CT molecular complexity index is 953. The normalized spacial score (nSPS) is 14.1. The first-order valence-corrected chi connectivity index (χ1v) is 10.8. The molecule has 1 fully saturated rings. The summed E-state index contributed by atoms with van der Waals surface area (Å²) in [7, 11) is 0. The molecular formula is C25H28FNO5. The Morgan fingerprint density at radius 3 is 2.50 bits per heavy atom. The molecule has 2 aromatic rings. The maximum Gasteiger partial charge on any atom is 0.331 e. The van der Waals surface area contributed by atoms with Gasteiger partial charge in [-0.2, -0.15) is 0 Å². The van der Waals surface area contributed by atoms with Crippen molar-refractivity contribution < 1.29 is 28.2 Å². The van der Waals surface area contributed by atoms with Crippen LogP contribution in [-0.4, -0.2) is 31.1 Å². The van der Waals surface area contributed by atoms with Gasteiger partial charge in [0.2, 0.25) is 6.10 Å². The van der Waals surface area contributed by atoms with Crippen molar-refractivity contribution >= 4 is 18.0 Å². The quantitative estimate of drug-likeness (QED) is 0.408. The van der Waals surface area contributed by atoms with E-state index in [0.29, 0.717) is 30.3 Å². The van der Waals surface area contributed by atoms with Gasteiger partial charge in [-0.25, -0.2) is 9.18 Å². The van der Waals surface area contributed by atoms with Crippen molar-refractivity contribution in [2.75, 3.05) is 13.2 Å². The number of amides is 1. The second kappa shape index (κ2) is 11.3. The van der Waals surface area contributed by atoms with Gasteiger partial charge in [0.05, 0.1) is 13.2 Å². The van der Waals surface area contributed by atoms with Crippen molar-refractivity contribution in [2.24, 2.45) is 0 Å². The number of hydrogen-bond acceptors (Lipinski definition) is 5. The number of esters is 1. The molecule has 6 nitrogen and oxygen atoms in total. The van der Waals surface area contributed by atoms with E-state index in [1.807, 2.05) is 13.8 Å². The van der Waals surface area contributed by atoms with Gasteiger partial charge in [0.1, 0.15) is 5.82 Å². The Morgan fingerprint density at radius 1 is 1.09 bits per heavy atom. The Kier molecular flexibility index (Phi) is 8.25. The van der Waals surface area contributed by atoms with Crippen LogP contribution >= 0.6 is 0 Å². The van der Waals surface area contributed by atoms with Crippen LogP contribution in [0.15, 0.2) is 48.5 Å². The summed E-state index contributed by atoms with van der Waals surface area (Å²) in [5, 5.41) is 2.83. The molecule has 0 aliphatic heterocycles. The highest BCUT2D eigenvalue weighted by molar-refractivity contribution is 5.91. The number of rotatable bonds is 11. The minimum Gasteiger partial charge on any atom is -0.490 e. The molecule has 0 aromatic heterocycles. The number of carbonyl (C=O) groups is 2. The first kappa shape index (κ1) is 23.3. The molecule has 3 rings (SSSR count). The maximum atomic E-state index is 13.3. The van der Waals surface area contributed by atoms with E-state index in [0.717, 1.165) is 24.8 Å². The summed E-state index contributed by atoms with van der Waals surface area (Å²) in [5.74, 6) is -0.310. The molecule has 32 heavy (non-hydrogen) atoms. The molecule has 1 amide bonds. The first-order chi connectivity index (χ1) is 15.5. The minimum absolute atomic E-state index is 0.102. The van der Waals surface area contributed by atoms with Crippen LogP contribution in [-0.2, 0) is 14.3 Å². The molecule has 2 aromatic carbocycles. The van der Waals surface area contributed by atoms with Gasteiger partial charge in [0.25, 0.3) is 5.91 Å². The summed E-state index contributed by atoms with van der Waals surface area (Å²) in [4.78, 5) is 25.1. The molecular weight excluding hydrogens is 413 g/mol. The number of ether oxygens (including phenoxy) is 3. The molecule has 170 valence electrons. The average Bonchev–Trinajstić information content (AvgIpc) is 3.60. The Morgan fingerprint density at radius 2 is 1.84 bits per heavy atom. The van der Waals surface area contributed by atoms with E-state index < -0.39 is 23.8 Å². The zero-order valence-corrected chi connectivity index (χ0v) is 18.3. The van der Waals surface area contributed by atoms with Gasteiger partial charge in [-0.3, -0.25) is 4.79 Å². The van der Waals surface area contributed by atoms with E-state index in [-0.39, 0.29) is 6.04 Å². The summed E-state index contributed by atoms with van der Waals surface area (Å²) in [6, 6.07) is 10.8. The third-order valence-corrected chi connectivity index (χ3v) is 4.71. The van der Waals surface area contributed by atoms with Crippen molar-refractivity contribution in [2.45, 2.75) is 45.3 Å². The fourth-order valence-electron chi connectivity index (χ4n) is 2.96. The lowest BCUT2D eigenvalue weighted by molar-refractivity contribution is -0.151. The third kappa shape index (κ3) is 6.83. The third-order valence-electron chi connectivity index (χ3n) is 4.71. The summed E-state index contributed by atoms with van der Waals surface area (Å²) in [6.45, 7) is 4.96. The van der Waals surface area contributed by atoms with Crippen LogP contribution in [0.25, 0.3) is 6.08 Å². The lowest BCUT2D eigenvalue weighted by Crippen LogP contribution is -2.33. The van der Waals surface area contributed by atoms with Gasteiger partial charge in [-0.15, -0.1) is 0 Å². The van der Waals surface area contributed by atoms with E-state index in [1.54, 1.807) is 24.3 Å². The molecule has 0 bridgehead atoms. The Labute approximate surface area is 187 Å². The molecule has 1 unspecified atom stereocenters. The smallest absolute Gasteiger partial charge is 0.331 e. The second-order valence-electron chi connectivity index (χ2n) is 7.47. The van der Waals surface area contributed by atoms with E-state index >= 15 is 0 Å². The van der Waals surface area contributed by atoms with Crippen molar-refractivity contribution in [3.63, 3.8) is 0 Å². The van der Waals surface area contributed by atoms with Gasteiger partial charge in [0, 0.05) is 17.7 Å². The molecule has 7 heteroatoms. The number of benzene rings is 2. The van der Waals surface area contributed by atoms with Crippen LogP contribution in [0.3, 0.4) is 0 Å². The van der Waals surface area contributed by atoms with Crippen molar-refractivity contribution in [3.8, 4) is 11.5 Å². The van der Waals surface area contributed by atoms with E-state index in [9.17, 15) is 14.0 Å². The van der Waals surface area contributed by atoms with Gasteiger partial charge in [0.15, 0.2) is 11.5 Å². The summed E-state index contributed by atoms with van der Waals surface area (Å²) in [6.07, 6.45) is 4.35. The zero-order valence-electron chi connectivity index (χ0n) is 18.3. The zero-order chi connectivity index (χ0) is 22.9. The number of carbonyl (C=O) groups excluding carboxylic acids is 2. The molecule has 1 saturated carbocycles. The molecule has 0 heterocycles. The van der Waals surface area contributed by atoms with Crippen LogP contribution in [0, 0.1) is 5.82 Å². The Balaban J connectivity index is 1.71. The van der Waals surface area contributed by atoms with Crippen molar-refractivity contribution in [3.05, 3.63) is 65.5 Å². The molecule has 1 aliphatic rings. The largest absolute Gasteiger partial charge is 0.490 e. The minimum atomic E-state index is -1.16. The van der Waals surface area contributed by atoms with Crippen molar-refractivity contribution in [1.29, 1.82) is 0 Å². The van der Waals surface area contributed by atoms with Crippen LogP contribution in [0.4, 0.5) is 4.39 Å². The molecule has 1 N–H and O–H groups in total.